The van der Waals surface area contributed by atoms with Gasteiger partial charge in [0.25, 0.3) is 0 Å². The summed E-state index contributed by atoms with van der Waals surface area (Å²) in [4.78, 5) is 14.0. The van der Waals surface area contributed by atoms with Crippen LogP contribution in [0.25, 0.3) is 0 Å². The zero-order chi connectivity index (χ0) is 13.1. The average molecular weight is 250 g/mol. The molecular weight excluding hydrogens is 231 g/mol. The van der Waals surface area contributed by atoms with Gasteiger partial charge in [-0.2, -0.15) is 0 Å². The van der Waals surface area contributed by atoms with Crippen molar-refractivity contribution in [2.75, 3.05) is 5.32 Å². The van der Waals surface area contributed by atoms with Crippen molar-refractivity contribution in [3.8, 4) is 0 Å². The number of hydrogen-bond donors (Lipinski definition) is 1. The molecule has 2 atom stereocenters. The van der Waals surface area contributed by atoms with Gasteiger partial charge in [0, 0.05) is 17.8 Å². The first-order valence-corrected chi connectivity index (χ1v) is 6.43. The van der Waals surface area contributed by atoms with Crippen LogP contribution in [-0.4, -0.2) is 23.0 Å². The summed E-state index contributed by atoms with van der Waals surface area (Å²) >= 11 is 0. The van der Waals surface area contributed by atoms with E-state index < -0.39 is 0 Å². The maximum atomic E-state index is 13.0. The van der Waals surface area contributed by atoms with Crippen LogP contribution in [0, 0.1) is 5.82 Å². The van der Waals surface area contributed by atoms with E-state index in [1.165, 1.54) is 12.1 Å². The molecule has 1 heterocycles. The Kier molecular flexibility index (Phi) is 3.84. The summed E-state index contributed by atoms with van der Waals surface area (Å²) in [5.41, 5.74) is 0.505. The highest BCUT2D eigenvalue weighted by atomic mass is 19.1. The van der Waals surface area contributed by atoms with Gasteiger partial charge in [0.2, 0.25) is 0 Å². The Morgan fingerprint density at radius 1 is 1.33 bits per heavy atom. The van der Waals surface area contributed by atoms with Gasteiger partial charge in [0.15, 0.2) is 0 Å². The lowest BCUT2D eigenvalue weighted by Gasteiger charge is -2.38. The van der Waals surface area contributed by atoms with E-state index in [1.807, 2.05) is 4.90 Å². The molecule has 3 nitrogen and oxygen atoms in total. The molecule has 18 heavy (non-hydrogen) atoms. The van der Waals surface area contributed by atoms with E-state index in [1.54, 1.807) is 12.1 Å². The normalized spacial score (nSPS) is 23.8. The first-order valence-electron chi connectivity index (χ1n) is 6.43. The third-order valence-electron chi connectivity index (χ3n) is 3.50. The highest BCUT2D eigenvalue weighted by Gasteiger charge is 2.28. The van der Waals surface area contributed by atoms with Gasteiger partial charge in [0.05, 0.1) is 0 Å². The SMILES string of the molecule is C[C@@H]1CCC[C@@H](C)N1C(=O)Nc1cccc(F)c1. The molecular formula is C14H19FN2O. The summed E-state index contributed by atoms with van der Waals surface area (Å²) < 4.78 is 13.0. The van der Waals surface area contributed by atoms with Crippen molar-refractivity contribution in [1.29, 1.82) is 0 Å². The first kappa shape index (κ1) is 12.9. The Morgan fingerprint density at radius 2 is 2.00 bits per heavy atom. The number of halogens is 1. The number of carbonyl (C=O) groups excluding carboxylic acids is 1. The van der Waals surface area contributed by atoms with Crippen LogP contribution in [-0.2, 0) is 0 Å². The molecule has 1 saturated heterocycles. The summed E-state index contributed by atoms with van der Waals surface area (Å²) in [6.45, 7) is 4.11. The standard InChI is InChI=1S/C14H19FN2O/c1-10-5-3-6-11(2)17(10)14(18)16-13-8-4-7-12(15)9-13/h4,7-11H,3,5-6H2,1-2H3,(H,16,18)/t10-,11-/m1/s1. The van der Waals surface area contributed by atoms with E-state index in [2.05, 4.69) is 19.2 Å². The molecule has 0 spiro atoms. The van der Waals surface area contributed by atoms with Gasteiger partial charge in [-0.1, -0.05) is 6.07 Å². The maximum Gasteiger partial charge on any atom is 0.322 e. The van der Waals surface area contributed by atoms with Crippen LogP contribution in [0.2, 0.25) is 0 Å². The number of piperidine rings is 1. The van der Waals surface area contributed by atoms with Crippen molar-refractivity contribution in [2.45, 2.75) is 45.2 Å². The zero-order valence-electron chi connectivity index (χ0n) is 10.8. The molecule has 1 aliphatic rings. The van der Waals surface area contributed by atoms with Gasteiger partial charge in [-0.15, -0.1) is 0 Å². The second-order valence-electron chi connectivity index (χ2n) is 4.98. The second-order valence-corrected chi connectivity index (χ2v) is 4.98. The minimum atomic E-state index is -0.340. The molecule has 0 radical (unpaired) electrons. The molecule has 0 saturated carbocycles. The Bertz CT molecular complexity index is 426. The number of benzene rings is 1. The summed E-state index contributed by atoms with van der Waals surface area (Å²) in [5, 5.41) is 2.76. The number of rotatable bonds is 1. The Morgan fingerprint density at radius 3 is 2.61 bits per heavy atom. The Balaban J connectivity index is 2.07. The minimum Gasteiger partial charge on any atom is -0.319 e. The van der Waals surface area contributed by atoms with Gasteiger partial charge in [-0.05, 0) is 51.3 Å². The van der Waals surface area contributed by atoms with E-state index in [9.17, 15) is 9.18 Å². The topological polar surface area (TPSA) is 32.3 Å². The summed E-state index contributed by atoms with van der Waals surface area (Å²) in [5.74, 6) is -0.340. The van der Waals surface area contributed by atoms with Crippen LogP contribution in [0.15, 0.2) is 24.3 Å². The Hall–Kier alpha value is -1.58. The number of anilines is 1. The largest absolute Gasteiger partial charge is 0.322 e. The van der Waals surface area contributed by atoms with Gasteiger partial charge < -0.3 is 10.2 Å². The number of hydrogen-bond acceptors (Lipinski definition) is 1. The quantitative estimate of drug-likeness (QED) is 0.811. The summed E-state index contributed by atoms with van der Waals surface area (Å²) in [6.07, 6.45) is 3.22. The number of carbonyl (C=O) groups is 1. The van der Waals surface area contributed by atoms with Crippen molar-refractivity contribution in [3.63, 3.8) is 0 Å². The highest BCUT2D eigenvalue weighted by molar-refractivity contribution is 5.89. The Labute approximate surface area is 107 Å². The predicted molar refractivity (Wildman–Crippen MR) is 70.0 cm³/mol. The van der Waals surface area contributed by atoms with Gasteiger partial charge in [-0.3, -0.25) is 0 Å². The maximum absolute atomic E-state index is 13.0. The minimum absolute atomic E-state index is 0.139. The van der Waals surface area contributed by atoms with Crippen molar-refractivity contribution in [1.82, 2.24) is 4.90 Å². The molecule has 0 aromatic heterocycles. The lowest BCUT2D eigenvalue weighted by molar-refractivity contribution is 0.133. The lowest BCUT2D eigenvalue weighted by Crippen LogP contribution is -2.49. The molecule has 4 heteroatoms. The van der Waals surface area contributed by atoms with Gasteiger partial charge in [0.1, 0.15) is 5.82 Å². The van der Waals surface area contributed by atoms with Crippen molar-refractivity contribution in [2.24, 2.45) is 0 Å². The fourth-order valence-electron chi connectivity index (χ4n) is 2.58. The molecule has 1 aromatic carbocycles. The van der Waals surface area contributed by atoms with Crippen molar-refractivity contribution >= 4 is 11.7 Å². The number of likely N-dealkylation sites (tertiary alicyclic amines) is 1. The zero-order valence-corrected chi connectivity index (χ0v) is 10.8. The van der Waals surface area contributed by atoms with Crippen LogP contribution in [0.4, 0.5) is 14.9 Å². The molecule has 0 bridgehead atoms. The van der Waals surface area contributed by atoms with Gasteiger partial charge in [-0.25, -0.2) is 9.18 Å². The molecule has 1 N–H and O–H groups in total. The molecule has 2 amide bonds. The average Bonchev–Trinajstić information content (AvgIpc) is 2.28. The van der Waals surface area contributed by atoms with Crippen molar-refractivity contribution < 1.29 is 9.18 Å². The molecule has 2 rings (SSSR count). The molecule has 0 unspecified atom stereocenters. The second kappa shape index (κ2) is 5.38. The number of nitrogens with zero attached hydrogens (tertiary/aromatic N) is 1. The smallest absolute Gasteiger partial charge is 0.319 e. The first-order chi connectivity index (χ1) is 8.58. The molecule has 1 fully saturated rings. The third kappa shape index (κ3) is 2.81. The molecule has 0 aliphatic carbocycles. The predicted octanol–water partition coefficient (Wildman–Crippen LogP) is 3.62. The summed E-state index contributed by atoms with van der Waals surface area (Å²) in [6, 6.07) is 6.32. The van der Waals surface area contributed by atoms with E-state index in [4.69, 9.17) is 0 Å². The fourth-order valence-corrected chi connectivity index (χ4v) is 2.58. The van der Waals surface area contributed by atoms with Crippen LogP contribution in [0.5, 0.6) is 0 Å². The van der Waals surface area contributed by atoms with E-state index >= 15 is 0 Å². The van der Waals surface area contributed by atoms with E-state index in [0.29, 0.717) is 5.69 Å². The molecule has 1 aliphatic heterocycles. The lowest BCUT2D eigenvalue weighted by atomic mass is 9.98. The van der Waals surface area contributed by atoms with Crippen LogP contribution in [0.1, 0.15) is 33.1 Å². The fraction of sp³-hybridized carbons (Fsp3) is 0.500. The van der Waals surface area contributed by atoms with Crippen molar-refractivity contribution in [3.05, 3.63) is 30.1 Å². The molecule has 98 valence electrons. The number of amides is 2. The summed E-state index contributed by atoms with van der Waals surface area (Å²) in [7, 11) is 0. The van der Waals surface area contributed by atoms with Gasteiger partial charge >= 0.3 is 6.03 Å². The highest BCUT2D eigenvalue weighted by Crippen LogP contribution is 2.23. The number of urea groups is 1. The molecule has 1 aromatic rings. The van der Waals surface area contributed by atoms with Crippen LogP contribution < -0.4 is 5.32 Å². The van der Waals surface area contributed by atoms with E-state index in [-0.39, 0.29) is 23.9 Å². The monoisotopic (exact) mass is 250 g/mol. The third-order valence-corrected chi connectivity index (χ3v) is 3.50. The number of nitrogens with one attached hydrogen (secondary N) is 1. The van der Waals surface area contributed by atoms with Crippen LogP contribution in [0.3, 0.4) is 0 Å². The van der Waals surface area contributed by atoms with Crippen LogP contribution >= 0.6 is 0 Å². The van der Waals surface area contributed by atoms with E-state index in [0.717, 1.165) is 19.3 Å².